The summed E-state index contributed by atoms with van der Waals surface area (Å²) in [6.07, 6.45) is 0. The Morgan fingerprint density at radius 2 is 2.67 bits per heavy atom. The van der Waals surface area contributed by atoms with Crippen molar-refractivity contribution in [2.45, 2.75) is 0 Å². The first-order valence-corrected chi connectivity index (χ1v) is 1.94. The molecule has 1 aliphatic heterocycles. The topological polar surface area (TPSA) is 47.6 Å². The lowest BCUT2D eigenvalue weighted by Crippen LogP contribution is -2.07. The predicted molar refractivity (Wildman–Crippen MR) is 18.3 cm³/mol. The summed E-state index contributed by atoms with van der Waals surface area (Å²) in [5, 5.41) is -0.324. The van der Waals surface area contributed by atoms with Gasteiger partial charge in [0, 0.05) is 0 Å². The van der Waals surface area contributed by atoms with Crippen LogP contribution in [0.5, 0.6) is 0 Å². The molecule has 0 saturated carbocycles. The molecule has 1 saturated heterocycles. The maximum absolute atomic E-state index is 9.84. The molecule has 1 fully saturated rings. The maximum Gasteiger partial charge on any atom is 0.335 e. The van der Waals surface area contributed by atoms with E-state index in [-0.39, 0.29) is 5.24 Å². The first-order valence-electron chi connectivity index (χ1n) is 1.20. The number of hydrogen-bond donors (Lipinski definition) is 1. The highest BCUT2D eigenvalue weighted by Crippen LogP contribution is 2.08. The summed E-state index contributed by atoms with van der Waals surface area (Å²) in [4.78, 5) is 13.8. The van der Waals surface area contributed by atoms with E-state index in [1.54, 1.807) is 0 Å². The van der Waals surface area contributed by atoms with Gasteiger partial charge in [0.2, 0.25) is 0 Å². The second kappa shape index (κ2) is 1.46. The summed E-state index contributed by atoms with van der Waals surface area (Å²) >= 11 is 0.625. The standard InChI is InChI=1S/CHNO3S/c3-1-2-4-5-6-1/h(H,2,3). The Hall–Kier alpha value is -0.260. The first-order chi connectivity index (χ1) is 2.89. The smallest absolute Gasteiger partial charge is 0.257 e. The number of carbonyl (C=O) groups excluding carboxylic acids is 1. The largest absolute Gasteiger partial charge is 0.335 e. The molecule has 0 aromatic heterocycles. The van der Waals surface area contributed by atoms with Gasteiger partial charge < -0.3 is 0 Å². The van der Waals surface area contributed by atoms with Crippen molar-refractivity contribution in [3.8, 4) is 0 Å². The minimum Gasteiger partial charge on any atom is -0.257 e. The molecule has 0 atom stereocenters. The summed E-state index contributed by atoms with van der Waals surface area (Å²) in [6.45, 7) is 0. The molecule has 1 N–H and O–H groups in total. The van der Waals surface area contributed by atoms with E-state index in [2.05, 4.69) is 9.32 Å². The van der Waals surface area contributed by atoms with Gasteiger partial charge in [-0.05, 0) is 0 Å². The Morgan fingerprint density at radius 3 is 2.83 bits per heavy atom. The van der Waals surface area contributed by atoms with Crippen LogP contribution < -0.4 is 5.48 Å². The van der Waals surface area contributed by atoms with Gasteiger partial charge in [-0.15, -0.1) is 4.33 Å². The predicted octanol–water partition coefficient (Wildman–Crippen LogP) is 0.221. The van der Waals surface area contributed by atoms with E-state index in [1.165, 1.54) is 0 Å². The number of hydrogen-bond acceptors (Lipinski definition) is 4. The molecule has 34 valence electrons. The van der Waals surface area contributed by atoms with Gasteiger partial charge in [-0.25, -0.2) is 0 Å². The molecule has 0 radical (unpaired) electrons. The minimum atomic E-state index is -0.324. The second-order valence-electron chi connectivity index (χ2n) is 0.624. The molecule has 4 nitrogen and oxygen atoms in total. The molecule has 1 heterocycles. The molecular formula is CHNO3S. The SMILES string of the molecule is O=C1NOOS1. The zero-order chi connectivity index (χ0) is 4.41. The van der Waals surface area contributed by atoms with Gasteiger partial charge in [-0.1, -0.05) is 4.99 Å². The van der Waals surface area contributed by atoms with Crippen molar-refractivity contribution < 1.29 is 14.1 Å². The molecule has 1 amide bonds. The van der Waals surface area contributed by atoms with Crippen LogP contribution in [0.25, 0.3) is 0 Å². The van der Waals surface area contributed by atoms with Crippen LogP contribution in [0.1, 0.15) is 0 Å². The summed E-state index contributed by atoms with van der Waals surface area (Å²) in [5.41, 5.74) is 1.92. The quantitative estimate of drug-likeness (QED) is 0.355. The molecule has 0 unspecified atom stereocenters. The van der Waals surface area contributed by atoms with Gasteiger partial charge in [0.15, 0.2) is 0 Å². The van der Waals surface area contributed by atoms with Gasteiger partial charge in [-0.2, -0.15) is 5.48 Å². The fourth-order valence-electron chi connectivity index (χ4n) is 0.116. The zero-order valence-corrected chi connectivity index (χ0v) is 3.45. The van der Waals surface area contributed by atoms with Gasteiger partial charge in [0.1, 0.15) is 12.0 Å². The van der Waals surface area contributed by atoms with Crippen molar-refractivity contribution >= 4 is 17.3 Å². The molecule has 1 rings (SSSR count). The monoisotopic (exact) mass is 107 g/mol. The fraction of sp³-hybridized carbons (Fsp3) is 0. The van der Waals surface area contributed by atoms with Crippen molar-refractivity contribution in [1.29, 1.82) is 0 Å². The Balaban J connectivity index is 2.37. The Kier molecular flexibility index (Phi) is 0.952. The molecule has 0 spiro atoms. The number of rotatable bonds is 0. The molecule has 6 heavy (non-hydrogen) atoms. The van der Waals surface area contributed by atoms with E-state index in [9.17, 15) is 4.79 Å². The molecule has 0 aromatic rings. The second-order valence-corrected chi connectivity index (χ2v) is 1.30. The van der Waals surface area contributed by atoms with Crippen LogP contribution in [0, 0.1) is 0 Å². The van der Waals surface area contributed by atoms with Crippen molar-refractivity contribution in [2.24, 2.45) is 0 Å². The molecule has 0 aromatic carbocycles. The Labute approximate surface area is 37.9 Å². The number of hydroxylamine groups is 1. The number of carbonyl (C=O) groups is 1. The maximum atomic E-state index is 9.84. The van der Waals surface area contributed by atoms with E-state index in [0.29, 0.717) is 12.0 Å². The molecule has 1 aliphatic rings. The zero-order valence-electron chi connectivity index (χ0n) is 2.63. The fourth-order valence-corrected chi connectivity index (χ4v) is 0.314. The lowest BCUT2D eigenvalue weighted by Gasteiger charge is -1.74. The third-order valence-electron chi connectivity index (χ3n) is 0.269. The Bertz CT molecular complexity index is 65.2. The van der Waals surface area contributed by atoms with E-state index in [0.717, 1.165) is 0 Å². The average molecular weight is 107 g/mol. The van der Waals surface area contributed by atoms with Crippen LogP contribution in [0.2, 0.25) is 0 Å². The van der Waals surface area contributed by atoms with E-state index >= 15 is 0 Å². The van der Waals surface area contributed by atoms with Crippen LogP contribution in [0.4, 0.5) is 4.79 Å². The first kappa shape index (κ1) is 3.91. The molecule has 0 bridgehead atoms. The summed E-state index contributed by atoms with van der Waals surface area (Å²) < 4.78 is 4.01. The third kappa shape index (κ3) is 0.618. The van der Waals surface area contributed by atoms with Crippen LogP contribution in [-0.2, 0) is 9.32 Å². The normalized spacial score (nSPS) is 21.0. The highest BCUT2D eigenvalue weighted by molar-refractivity contribution is 8.09. The summed E-state index contributed by atoms with van der Waals surface area (Å²) in [5.74, 6) is 0. The van der Waals surface area contributed by atoms with Gasteiger partial charge >= 0.3 is 5.24 Å². The van der Waals surface area contributed by atoms with Crippen molar-refractivity contribution in [3.05, 3.63) is 0 Å². The third-order valence-corrected chi connectivity index (χ3v) is 0.640. The average Bonchev–Trinajstić information content (AvgIpc) is 1.86. The lowest BCUT2D eigenvalue weighted by molar-refractivity contribution is -0.213. The van der Waals surface area contributed by atoms with Crippen molar-refractivity contribution in [2.75, 3.05) is 0 Å². The summed E-state index contributed by atoms with van der Waals surface area (Å²) in [7, 11) is 0. The van der Waals surface area contributed by atoms with E-state index < -0.39 is 0 Å². The number of nitrogens with one attached hydrogen (secondary N) is 1. The highest BCUT2D eigenvalue weighted by Gasteiger charge is 2.10. The van der Waals surface area contributed by atoms with Gasteiger partial charge in [0.25, 0.3) is 0 Å². The van der Waals surface area contributed by atoms with Crippen molar-refractivity contribution in [3.63, 3.8) is 0 Å². The van der Waals surface area contributed by atoms with Crippen LogP contribution in [0.15, 0.2) is 0 Å². The highest BCUT2D eigenvalue weighted by atomic mass is 32.2. The van der Waals surface area contributed by atoms with Crippen LogP contribution in [0.3, 0.4) is 0 Å². The van der Waals surface area contributed by atoms with Gasteiger partial charge in [-0.3, -0.25) is 4.79 Å². The Morgan fingerprint density at radius 1 is 1.83 bits per heavy atom. The molecule has 5 heteroatoms. The minimum absolute atomic E-state index is 0.324. The van der Waals surface area contributed by atoms with E-state index in [4.69, 9.17) is 0 Å². The van der Waals surface area contributed by atoms with Crippen LogP contribution >= 0.6 is 12.0 Å². The number of amides is 1. The molecular weight excluding hydrogens is 106 g/mol. The summed E-state index contributed by atoms with van der Waals surface area (Å²) in [6, 6.07) is 0. The molecule has 0 aliphatic carbocycles. The van der Waals surface area contributed by atoms with Gasteiger partial charge in [0.05, 0.1) is 0 Å². The van der Waals surface area contributed by atoms with E-state index in [1.807, 2.05) is 5.48 Å². The lowest BCUT2D eigenvalue weighted by atomic mass is 11.4. The van der Waals surface area contributed by atoms with Crippen molar-refractivity contribution in [1.82, 2.24) is 5.48 Å². The van der Waals surface area contributed by atoms with Crippen LogP contribution in [-0.4, -0.2) is 5.24 Å².